The molecule has 0 radical (unpaired) electrons. The lowest BCUT2D eigenvalue weighted by Crippen LogP contribution is -2.46. The Balaban J connectivity index is 2.40. The summed E-state index contributed by atoms with van der Waals surface area (Å²) in [5, 5.41) is 9.74. The number of rotatable bonds is 3. The number of halogens is 1. The average molecular weight is 318 g/mol. The standard InChI is InChI=1S/C14H20ClNO3S/c1-10-6-7-12(9-17)8-16(10)20(18,19)14-5-3-4-13(15)11(14)2/h3-5,10,12,17H,6-9H2,1-2H3. The molecule has 1 fully saturated rings. The van der Waals surface area contributed by atoms with Crippen LogP contribution >= 0.6 is 11.6 Å². The zero-order chi connectivity index (χ0) is 14.9. The second-order valence-electron chi connectivity index (χ2n) is 5.41. The molecule has 1 aromatic carbocycles. The van der Waals surface area contributed by atoms with Gasteiger partial charge >= 0.3 is 0 Å². The molecule has 1 saturated heterocycles. The van der Waals surface area contributed by atoms with Crippen LogP contribution in [0.5, 0.6) is 0 Å². The maximum Gasteiger partial charge on any atom is 0.243 e. The molecule has 1 aromatic rings. The van der Waals surface area contributed by atoms with Gasteiger partial charge in [-0.3, -0.25) is 0 Å². The normalized spacial score (nSPS) is 24.8. The van der Waals surface area contributed by atoms with E-state index in [4.69, 9.17) is 11.6 Å². The third-order valence-electron chi connectivity index (χ3n) is 3.99. The Kier molecular flexibility index (Phi) is 4.74. The van der Waals surface area contributed by atoms with Gasteiger partial charge in [0, 0.05) is 24.2 Å². The minimum Gasteiger partial charge on any atom is -0.396 e. The lowest BCUT2D eigenvalue weighted by atomic mass is 9.96. The molecule has 0 aliphatic carbocycles. The first-order valence-corrected chi connectivity index (χ1v) is 8.57. The van der Waals surface area contributed by atoms with Gasteiger partial charge in [-0.2, -0.15) is 4.31 Å². The minimum atomic E-state index is -3.57. The van der Waals surface area contributed by atoms with Gasteiger partial charge in [0.2, 0.25) is 10.0 Å². The van der Waals surface area contributed by atoms with E-state index in [1.165, 1.54) is 4.31 Å². The van der Waals surface area contributed by atoms with Crippen molar-refractivity contribution in [3.8, 4) is 0 Å². The molecule has 1 aliphatic rings. The highest BCUT2D eigenvalue weighted by Crippen LogP contribution is 2.31. The molecule has 20 heavy (non-hydrogen) atoms. The first-order valence-electron chi connectivity index (χ1n) is 6.75. The number of nitrogens with zero attached hydrogens (tertiary/aromatic N) is 1. The molecule has 112 valence electrons. The molecule has 0 spiro atoms. The maximum atomic E-state index is 12.8. The average Bonchev–Trinajstić information content (AvgIpc) is 2.42. The van der Waals surface area contributed by atoms with Crippen LogP contribution in [0.4, 0.5) is 0 Å². The highest BCUT2D eigenvalue weighted by Gasteiger charge is 2.35. The third kappa shape index (κ3) is 2.86. The number of aliphatic hydroxyl groups excluding tert-OH is 1. The molecule has 0 bridgehead atoms. The van der Waals surface area contributed by atoms with Crippen LogP contribution in [0.3, 0.4) is 0 Å². The Morgan fingerprint density at radius 1 is 1.40 bits per heavy atom. The Morgan fingerprint density at radius 3 is 2.75 bits per heavy atom. The third-order valence-corrected chi connectivity index (χ3v) is 6.52. The van der Waals surface area contributed by atoms with Crippen LogP contribution in [0.15, 0.2) is 23.1 Å². The van der Waals surface area contributed by atoms with Crippen LogP contribution in [0.25, 0.3) is 0 Å². The topological polar surface area (TPSA) is 57.6 Å². The van der Waals surface area contributed by atoms with Crippen molar-refractivity contribution in [1.82, 2.24) is 4.31 Å². The maximum absolute atomic E-state index is 12.8. The second-order valence-corrected chi connectivity index (χ2v) is 7.68. The fourth-order valence-electron chi connectivity index (χ4n) is 2.62. The Morgan fingerprint density at radius 2 is 2.10 bits per heavy atom. The number of benzene rings is 1. The molecular formula is C14H20ClNO3S. The van der Waals surface area contributed by atoms with Crippen molar-refractivity contribution in [2.24, 2.45) is 5.92 Å². The van der Waals surface area contributed by atoms with E-state index in [9.17, 15) is 13.5 Å². The Hall–Kier alpha value is -0.620. The molecule has 2 unspecified atom stereocenters. The van der Waals surface area contributed by atoms with Crippen molar-refractivity contribution < 1.29 is 13.5 Å². The molecular weight excluding hydrogens is 298 g/mol. The van der Waals surface area contributed by atoms with Crippen molar-refractivity contribution >= 4 is 21.6 Å². The van der Waals surface area contributed by atoms with Crippen LogP contribution in [-0.2, 0) is 10.0 Å². The predicted octanol–water partition coefficient (Wildman–Crippen LogP) is 2.43. The fraction of sp³-hybridized carbons (Fsp3) is 0.571. The summed E-state index contributed by atoms with van der Waals surface area (Å²) in [6.07, 6.45) is 1.63. The summed E-state index contributed by atoms with van der Waals surface area (Å²) in [7, 11) is -3.57. The van der Waals surface area contributed by atoms with E-state index < -0.39 is 10.0 Å². The largest absolute Gasteiger partial charge is 0.396 e. The van der Waals surface area contributed by atoms with Gasteiger partial charge in [0.15, 0.2) is 0 Å². The summed E-state index contributed by atoms with van der Waals surface area (Å²) in [4.78, 5) is 0.260. The molecule has 1 aliphatic heterocycles. The molecule has 2 rings (SSSR count). The van der Waals surface area contributed by atoms with Gasteiger partial charge in [-0.15, -0.1) is 0 Å². The number of sulfonamides is 1. The van der Waals surface area contributed by atoms with Crippen LogP contribution < -0.4 is 0 Å². The first-order chi connectivity index (χ1) is 9.37. The van der Waals surface area contributed by atoms with Crippen LogP contribution in [0.2, 0.25) is 5.02 Å². The zero-order valence-corrected chi connectivity index (χ0v) is 13.3. The molecule has 0 aromatic heterocycles. The van der Waals surface area contributed by atoms with E-state index in [0.29, 0.717) is 17.1 Å². The summed E-state index contributed by atoms with van der Waals surface area (Å²) < 4.78 is 27.1. The molecule has 1 heterocycles. The van der Waals surface area contributed by atoms with Gasteiger partial charge in [0.1, 0.15) is 0 Å². The Labute approximate surface area is 125 Å². The van der Waals surface area contributed by atoms with Gasteiger partial charge in [0.25, 0.3) is 0 Å². The summed E-state index contributed by atoms with van der Waals surface area (Å²) in [5.41, 5.74) is 0.576. The van der Waals surface area contributed by atoms with Crippen LogP contribution in [0.1, 0.15) is 25.3 Å². The Bertz CT molecular complexity index is 588. The van der Waals surface area contributed by atoms with Crippen LogP contribution in [0, 0.1) is 12.8 Å². The summed E-state index contributed by atoms with van der Waals surface area (Å²) >= 11 is 6.03. The van der Waals surface area contributed by atoms with Gasteiger partial charge < -0.3 is 5.11 Å². The van der Waals surface area contributed by atoms with E-state index in [-0.39, 0.29) is 23.5 Å². The molecule has 2 atom stereocenters. The highest BCUT2D eigenvalue weighted by molar-refractivity contribution is 7.89. The van der Waals surface area contributed by atoms with Crippen molar-refractivity contribution in [3.05, 3.63) is 28.8 Å². The van der Waals surface area contributed by atoms with E-state index in [2.05, 4.69) is 0 Å². The summed E-state index contributed by atoms with van der Waals surface area (Å²) in [6, 6.07) is 4.87. The summed E-state index contributed by atoms with van der Waals surface area (Å²) in [6.45, 7) is 4.01. The van der Waals surface area contributed by atoms with Crippen molar-refractivity contribution in [2.75, 3.05) is 13.2 Å². The van der Waals surface area contributed by atoms with E-state index >= 15 is 0 Å². The molecule has 1 N–H and O–H groups in total. The lowest BCUT2D eigenvalue weighted by molar-refractivity contribution is 0.139. The summed E-state index contributed by atoms with van der Waals surface area (Å²) in [5.74, 6) is 0.0143. The molecule has 0 amide bonds. The monoisotopic (exact) mass is 317 g/mol. The van der Waals surface area contributed by atoms with Crippen molar-refractivity contribution in [3.63, 3.8) is 0 Å². The molecule has 0 saturated carbocycles. The smallest absolute Gasteiger partial charge is 0.243 e. The molecule has 6 heteroatoms. The van der Waals surface area contributed by atoms with Crippen molar-refractivity contribution in [1.29, 1.82) is 0 Å². The van der Waals surface area contributed by atoms with Gasteiger partial charge in [-0.25, -0.2) is 8.42 Å². The number of hydrogen-bond acceptors (Lipinski definition) is 3. The SMILES string of the molecule is Cc1c(Cl)cccc1S(=O)(=O)N1CC(CO)CCC1C. The molecule has 4 nitrogen and oxygen atoms in total. The van der Waals surface area contributed by atoms with E-state index in [0.717, 1.165) is 12.8 Å². The lowest BCUT2D eigenvalue weighted by Gasteiger charge is -2.36. The highest BCUT2D eigenvalue weighted by atomic mass is 35.5. The second kappa shape index (κ2) is 6.02. The number of aliphatic hydroxyl groups is 1. The number of hydrogen-bond donors (Lipinski definition) is 1. The van der Waals surface area contributed by atoms with Gasteiger partial charge in [-0.1, -0.05) is 17.7 Å². The minimum absolute atomic E-state index is 0.0143. The number of piperidine rings is 1. The predicted molar refractivity (Wildman–Crippen MR) is 79.4 cm³/mol. The van der Waals surface area contributed by atoms with Crippen LogP contribution in [-0.4, -0.2) is 37.0 Å². The first kappa shape index (κ1) is 15.8. The quantitative estimate of drug-likeness (QED) is 0.931. The van der Waals surface area contributed by atoms with Crippen molar-refractivity contribution in [2.45, 2.75) is 37.6 Å². The van der Waals surface area contributed by atoms with Gasteiger partial charge in [-0.05, 0) is 50.3 Å². The zero-order valence-electron chi connectivity index (χ0n) is 11.7. The van der Waals surface area contributed by atoms with E-state index in [1.54, 1.807) is 25.1 Å². The van der Waals surface area contributed by atoms with E-state index in [1.807, 2.05) is 6.92 Å². The van der Waals surface area contributed by atoms with Gasteiger partial charge in [0.05, 0.1) is 4.90 Å². The fourth-order valence-corrected chi connectivity index (χ4v) is 4.84.